The number of nitrogens with one attached hydrogen (secondary N) is 3. The van der Waals surface area contributed by atoms with Crippen LogP contribution in [0.4, 0.5) is 23.5 Å². The number of alkyl halides is 4. The molecule has 2 fully saturated rings. The zero-order valence-corrected chi connectivity index (χ0v) is 22.6. The third-order valence-corrected chi connectivity index (χ3v) is 7.54. The van der Waals surface area contributed by atoms with Crippen LogP contribution in [0.2, 0.25) is 0 Å². The van der Waals surface area contributed by atoms with Crippen LogP contribution in [0.1, 0.15) is 26.2 Å². The third kappa shape index (κ3) is 5.88. The normalized spacial score (nSPS) is 22.4. The van der Waals surface area contributed by atoms with Crippen LogP contribution in [0.25, 0.3) is 16.7 Å². The van der Waals surface area contributed by atoms with Crippen LogP contribution in [0.15, 0.2) is 29.0 Å². The Morgan fingerprint density at radius 2 is 2.03 bits per heavy atom. The third-order valence-electron chi connectivity index (χ3n) is 6.95. The first-order chi connectivity index (χ1) is 18.4. The van der Waals surface area contributed by atoms with Crippen molar-refractivity contribution in [2.24, 2.45) is 5.41 Å². The molecule has 10 nitrogen and oxygen atoms in total. The van der Waals surface area contributed by atoms with Gasteiger partial charge in [-0.3, -0.25) is 4.79 Å². The summed E-state index contributed by atoms with van der Waals surface area (Å²) in [6, 6.07) is 3.55. The molecule has 1 aromatic carbocycles. The van der Waals surface area contributed by atoms with Gasteiger partial charge in [0.25, 0.3) is 0 Å². The highest BCUT2D eigenvalue weighted by Crippen LogP contribution is 2.39. The van der Waals surface area contributed by atoms with Crippen LogP contribution in [-0.2, 0) is 4.79 Å². The van der Waals surface area contributed by atoms with E-state index < -0.39 is 23.2 Å². The second-order valence-corrected chi connectivity index (χ2v) is 10.9. The molecule has 1 aliphatic heterocycles. The van der Waals surface area contributed by atoms with Gasteiger partial charge in [0.1, 0.15) is 22.7 Å². The summed E-state index contributed by atoms with van der Waals surface area (Å²) in [6.07, 6.45) is -1.40. The van der Waals surface area contributed by atoms with E-state index in [1.165, 1.54) is 16.9 Å². The standard InChI is InChI=1S/C24H26BrF4N7O3/c1-22(20(37)30-2)4-3-13(8-22)33-21-32-9-17-18(25)35-36(19(17)34-21)14-5-15(38-12-23(26)10-31-11-23)7-16(6-14)39-24(27,28)29/h5-7,9,13,31H,3-4,8,10-12H2,1-2H3,(H,30,37)(H,32,33,34)/t13-,22-/m1/s1. The lowest BCUT2D eigenvalue weighted by Crippen LogP contribution is -2.59. The molecular formula is C24H26BrF4N7O3. The van der Waals surface area contributed by atoms with Crippen LogP contribution in [0.5, 0.6) is 11.5 Å². The molecule has 2 aliphatic rings. The predicted molar refractivity (Wildman–Crippen MR) is 137 cm³/mol. The first-order valence-electron chi connectivity index (χ1n) is 12.2. The van der Waals surface area contributed by atoms with Crippen molar-refractivity contribution in [1.82, 2.24) is 30.4 Å². The Hall–Kier alpha value is -3.20. The zero-order chi connectivity index (χ0) is 28.0. The lowest BCUT2D eigenvalue weighted by Gasteiger charge is -2.34. The van der Waals surface area contributed by atoms with E-state index in [1.54, 1.807) is 7.05 Å². The molecule has 0 unspecified atom stereocenters. The molecule has 1 amide bonds. The van der Waals surface area contributed by atoms with Gasteiger partial charge >= 0.3 is 6.36 Å². The van der Waals surface area contributed by atoms with Gasteiger partial charge in [-0.2, -0.15) is 10.1 Å². The van der Waals surface area contributed by atoms with Crippen LogP contribution >= 0.6 is 15.9 Å². The second kappa shape index (κ2) is 10.1. The van der Waals surface area contributed by atoms with Gasteiger partial charge in [0, 0.05) is 56.0 Å². The molecule has 2 aromatic heterocycles. The number of anilines is 1. The van der Waals surface area contributed by atoms with E-state index in [4.69, 9.17) is 4.74 Å². The molecule has 0 spiro atoms. The van der Waals surface area contributed by atoms with E-state index in [0.717, 1.165) is 18.6 Å². The van der Waals surface area contributed by atoms with Gasteiger partial charge in [-0.15, -0.1) is 13.2 Å². The van der Waals surface area contributed by atoms with Gasteiger partial charge in [0.05, 0.1) is 11.1 Å². The number of carbonyl (C=O) groups is 1. The highest BCUT2D eigenvalue weighted by molar-refractivity contribution is 9.10. The maximum Gasteiger partial charge on any atom is 0.573 e. The number of hydrogen-bond acceptors (Lipinski definition) is 8. The van der Waals surface area contributed by atoms with E-state index >= 15 is 0 Å². The minimum Gasteiger partial charge on any atom is -0.490 e. The highest BCUT2D eigenvalue weighted by atomic mass is 79.9. The fourth-order valence-corrected chi connectivity index (χ4v) is 5.28. The fourth-order valence-electron chi connectivity index (χ4n) is 4.84. The van der Waals surface area contributed by atoms with Crippen LogP contribution in [0, 0.1) is 5.41 Å². The number of hydrogen-bond donors (Lipinski definition) is 3. The monoisotopic (exact) mass is 615 g/mol. The summed E-state index contributed by atoms with van der Waals surface area (Å²) >= 11 is 3.35. The topological polar surface area (TPSA) is 115 Å². The molecular weight excluding hydrogens is 590 g/mol. The van der Waals surface area contributed by atoms with Gasteiger partial charge in [0.2, 0.25) is 11.9 Å². The van der Waals surface area contributed by atoms with Crippen molar-refractivity contribution in [3.63, 3.8) is 0 Å². The van der Waals surface area contributed by atoms with Crippen molar-refractivity contribution in [3.05, 3.63) is 29.0 Å². The number of carbonyl (C=O) groups excluding carboxylic acids is 1. The summed E-state index contributed by atoms with van der Waals surface area (Å²) in [4.78, 5) is 21.2. The van der Waals surface area contributed by atoms with Gasteiger partial charge < -0.3 is 25.4 Å². The number of ether oxygens (including phenoxy) is 2. The van der Waals surface area contributed by atoms with Gasteiger partial charge in [-0.25, -0.2) is 14.1 Å². The fraction of sp³-hybridized carbons (Fsp3) is 0.500. The van der Waals surface area contributed by atoms with Crippen LogP contribution in [-0.4, -0.2) is 70.5 Å². The van der Waals surface area contributed by atoms with Crippen molar-refractivity contribution < 1.29 is 31.8 Å². The molecule has 39 heavy (non-hydrogen) atoms. The molecule has 5 rings (SSSR count). The summed E-state index contributed by atoms with van der Waals surface area (Å²) in [7, 11) is 1.61. The summed E-state index contributed by atoms with van der Waals surface area (Å²) in [5, 5.41) is 13.6. The summed E-state index contributed by atoms with van der Waals surface area (Å²) in [5.74, 6) is -0.335. The molecule has 210 valence electrons. The SMILES string of the molecule is CNC(=O)[C@]1(C)CC[C@@H](Nc2ncc3c(Br)nn(-c4cc(OCC5(F)CNC5)cc(OC(F)(F)F)c4)c3n2)C1. The molecule has 1 saturated carbocycles. The van der Waals surface area contributed by atoms with E-state index in [0.29, 0.717) is 28.5 Å². The number of nitrogens with zero attached hydrogens (tertiary/aromatic N) is 4. The number of halogens is 5. The van der Waals surface area contributed by atoms with E-state index in [9.17, 15) is 22.4 Å². The molecule has 0 bridgehead atoms. The average Bonchev–Trinajstić information content (AvgIpc) is 3.40. The number of amides is 1. The molecule has 2 atom stereocenters. The van der Waals surface area contributed by atoms with E-state index in [2.05, 4.69) is 51.7 Å². The largest absolute Gasteiger partial charge is 0.573 e. The first kappa shape index (κ1) is 27.4. The molecule has 1 aliphatic carbocycles. The Labute approximate surface area is 229 Å². The first-order valence-corrected chi connectivity index (χ1v) is 13.0. The molecule has 3 N–H and O–H groups in total. The summed E-state index contributed by atoms with van der Waals surface area (Å²) in [6.45, 7) is 1.74. The Kier molecular flexibility index (Phi) is 7.07. The second-order valence-electron chi connectivity index (χ2n) is 10.1. The van der Waals surface area contributed by atoms with Crippen molar-refractivity contribution >= 4 is 38.8 Å². The predicted octanol–water partition coefficient (Wildman–Crippen LogP) is 3.88. The quantitative estimate of drug-likeness (QED) is 0.327. The highest BCUT2D eigenvalue weighted by Gasteiger charge is 2.41. The zero-order valence-electron chi connectivity index (χ0n) is 21.0. The molecule has 3 aromatic rings. The van der Waals surface area contributed by atoms with E-state index in [-0.39, 0.29) is 49.0 Å². The maximum absolute atomic E-state index is 14.5. The van der Waals surface area contributed by atoms with Crippen LogP contribution < -0.4 is 25.4 Å². The number of benzene rings is 1. The van der Waals surface area contributed by atoms with Crippen molar-refractivity contribution in [3.8, 4) is 17.2 Å². The smallest absolute Gasteiger partial charge is 0.490 e. The Morgan fingerprint density at radius 3 is 2.69 bits per heavy atom. The Bertz CT molecular complexity index is 1400. The Balaban J connectivity index is 1.46. The summed E-state index contributed by atoms with van der Waals surface area (Å²) in [5.41, 5.74) is -1.67. The average molecular weight is 616 g/mol. The van der Waals surface area contributed by atoms with Crippen molar-refractivity contribution in [2.45, 2.75) is 44.3 Å². The minimum atomic E-state index is -4.95. The number of rotatable bonds is 8. The number of fused-ring (bicyclic) bond motifs is 1. The van der Waals surface area contributed by atoms with E-state index in [1.807, 2.05) is 6.92 Å². The molecule has 0 radical (unpaired) electrons. The minimum absolute atomic E-state index is 0.0257. The van der Waals surface area contributed by atoms with Crippen LogP contribution in [0.3, 0.4) is 0 Å². The molecule has 1 saturated heterocycles. The molecule has 15 heteroatoms. The van der Waals surface area contributed by atoms with Crippen molar-refractivity contribution in [1.29, 1.82) is 0 Å². The lowest BCUT2D eigenvalue weighted by molar-refractivity contribution is -0.274. The van der Waals surface area contributed by atoms with Gasteiger partial charge in [0.15, 0.2) is 11.3 Å². The lowest BCUT2D eigenvalue weighted by atomic mass is 9.87. The Morgan fingerprint density at radius 1 is 1.28 bits per heavy atom. The maximum atomic E-state index is 14.5. The van der Waals surface area contributed by atoms with Gasteiger partial charge in [-0.1, -0.05) is 6.92 Å². The van der Waals surface area contributed by atoms with Gasteiger partial charge in [-0.05, 0) is 35.2 Å². The van der Waals surface area contributed by atoms with Crippen molar-refractivity contribution in [2.75, 3.05) is 32.1 Å². The number of aromatic nitrogens is 4. The summed E-state index contributed by atoms with van der Waals surface area (Å²) < 4.78 is 65.0. The molecule has 3 heterocycles.